The highest BCUT2D eigenvalue weighted by Gasteiger charge is 2.31. The van der Waals surface area contributed by atoms with Crippen LogP contribution in [0.3, 0.4) is 0 Å². The van der Waals surface area contributed by atoms with Crippen LogP contribution in [-0.4, -0.2) is 52.2 Å². The van der Waals surface area contributed by atoms with Gasteiger partial charge < -0.3 is 14.4 Å². The van der Waals surface area contributed by atoms with Crippen LogP contribution in [0.5, 0.6) is 11.5 Å². The highest BCUT2D eigenvalue weighted by atomic mass is 32.2. The van der Waals surface area contributed by atoms with Crippen LogP contribution in [0, 0.1) is 0 Å². The van der Waals surface area contributed by atoms with Crippen molar-refractivity contribution >= 4 is 22.0 Å². The molecule has 0 amide bonds. The first-order chi connectivity index (χ1) is 11.1. The van der Waals surface area contributed by atoms with Gasteiger partial charge >= 0.3 is 0 Å². The van der Waals surface area contributed by atoms with Crippen LogP contribution in [0.4, 0.5) is 5.69 Å². The molecule has 0 bridgehead atoms. The van der Waals surface area contributed by atoms with E-state index in [1.807, 2.05) is 12.4 Å². The number of nitrogens with one attached hydrogen (secondary N) is 1. The van der Waals surface area contributed by atoms with Crippen molar-refractivity contribution in [2.24, 2.45) is 4.99 Å². The van der Waals surface area contributed by atoms with E-state index in [0.29, 0.717) is 23.8 Å². The van der Waals surface area contributed by atoms with Gasteiger partial charge in [-0.3, -0.25) is 9.71 Å². The largest absolute Gasteiger partial charge is 0.494 e. The third kappa shape index (κ3) is 3.08. The van der Waals surface area contributed by atoms with Gasteiger partial charge in [-0.05, 0) is 19.1 Å². The molecule has 1 unspecified atom stereocenters. The van der Waals surface area contributed by atoms with Gasteiger partial charge in [0.2, 0.25) is 10.0 Å². The molecule has 0 saturated heterocycles. The summed E-state index contributed by atoms with van der Waals surface area (Å²) in [5.41, 5.74) is 1.34. The molecular weight excluding hydrogens is 318 g/mol. The Balaban J connectivity index is 2.05. The van der Waals surface area contributed by atoms with Crippen molar-refractivity contribution in [3.8, 4) is 11.5 Å². The Morgan fingerprint density at radius 1 is 1.48 bits per heavy atom. The summed E-state index contributed by atoms with van der Waals surface area (Å²) in [6.07, 6.45) is 2.70. The number of anilines is 1. The van der Waals surface area contributed by atoms with Crippen molar-refractivity contribution in [3.63, 3.8) is 0 Å². The number of hydrogen-bond donors (Lipinski definition) is 1. The Hall–Kier alpha value is -1.96. The van der Waals surface area contributed by atoms with Crippen LogP contribution in [0.25, 0.3) is 0 Å². The van der Waals surface area contributed by atoms with Crippen molar-refractivity contribution in [1.29, 1.82) is 0 Å². The molecule has 0 aliphatic carbocycles. The third-order valence-corrected chi connectivity index (χ3v) is 5.40. The minimum atomic E-state index is -3.43. The lowest BCUT2D eigenvalue weighted by Crippen LogP contribution is -2.31. The monoisotopic (exact) mass is 339 g/mol. The van der Waals surface area contributed by atoms with Gasteiger partial charge in [-0.1, -0.05) is 0 Å². The first kappa shape index (κ1) is 15.9. The molecule has 2 aliphatic heterocycles. The van der Waals surface area contributed by atoms with Gasteiger partial charge in [-0.15, -0.1) is 0 Å². The second-order valence-corrected chi connectivity index (χ2v) is 7.49. The van der Waals surface area contributed by atoms with Gasteiger partial charge in [0, 0.05) is 18.5 Å². The van der Waals surface area contributed by atoms with Crippen molar-refractivity contribution in [2.45, 2.75) is 19.4 Å². The quantitative estimate of drug-likeness (QED) is 0.882. The normalized spacial score (nSPS) is 20.1. The van der Waals surface area contributed by atoms with Gasteiger partial charge in [0.05, 0.1) is 38.4 Å². The lowest BCUT2D eigenvalue weighted by molar-refractivity contribution is 0.210. The fraction of sp³-hybridized carbons (Fsp3) is 0.533. The second-order valence-electron chi connectivity index (χ2n) is 5.48. The number of rotatable bonds is 5. The van der Waals surface area contributed by atoms with Gasteiger partial charge in [-0.25, -0.2) is 8.42 Å². The van der Waals surface area contributed by atoms with Gasteiger partial charge in [0.25, 0.3) is 0 Å². The molecule has 1 N–H and O–H groups in total. The molecule has 3 rings (SSSR count). The minimum absolute atomic E-state index is 0.0119. The molecule has 1 aromatic rings. The number of hydrogen-bond acceptors (Lipinski definition) is 6. The number of aliphatic imine (C=N–C) groups is 1. The Kier molecular flexibility index (Phi) is 4.34. The fourth-order valence-electron chi connectivity index (χ4n) is 2.90. The lowest BCUT2D eigenvalue weighted by atomic mass is 9.98. The molecule has 2 heterocycles. The summed E-state index contributed by atoms with van der Waals surface area (Å²) >= 11 is 0. The minimum Gasteiger partial charge on any atom is -0.494 e. The van der Waals surface area contributed by atoms with E-state index in [1.54, 1.807) is 13.0 Å². The molecule has 0 fully saturated rings. The van der Waals surface area contributed by atoms with E-state index in [1.165, 1.54) is 7.11 Å². The predicted molar refractivity (Wildman–Crippen MR) is 89.0 cm³/mol. The molecular formula is C15H21N3O4S. The highest BCUT2D eigenvalue weighted by Crippen LogP contribution is 2.45. The number of ether oxygens (including phenoxy) is 2. The Labute approximate surface area is 136 Å². The average Bonchev–Trinajstić information content (AvgIpc) is 3.08. The molecule has 126 valence electrons. The summed E-state index contributed by atoms with van der Waals surface area (Å²) in [6.45, 7) is 3.77. The SMILES string of the molecule is CCS(=O)(=O)Nc1c(OC)ccc2c1OCCC2N1C=NCC1. The Morgan fingerprint density at radius 2 is 2.30 bits per heavy atom. The Bertz CT molecular complexity index is 718. The van der Waals surface area contributed by atoms with Crippen LogP contribution < -0.4 is 14.2 Å². The van der Waals surface area contributed by atoms with Crippen LogP contribution in [-0.2, 0) is 10.0 Å². The molecule has 2 aliphatic rings. The van der Waals surface area contributed by atoms with Crippen LogP contribution in [0.1, 0.15) is 24.9 Å². The first-order valence-electron chi connectivity index (χ1n) is 7.65. The van der Waals surface area contributed by atoms with E-state index < -0.39 is 10.0 Å². The highest BCUT2D eigenvalue weighted by molar-refractivity contribution is 7.92. The van der Waals surface area contributed by atoms with Gasteiger partial charge in [-0.2, -0.15) is 0 Å². The summed E-state index contributed by atoms with van der Waals surface area (Å²) in [5, 5.41) is 0. The van der Waals surface area contributed by atoms with Crippen LogP contribution in [0.15, 0.2) is 17.1 Å². The van der Waals surface area contributed by atoms with E-state index in [0.717, 1.165) is 25.1 Å². The average molecular weight is 339 g/mol. The zero-order valence-corrected chi connectivity index (χ0v) is 14.1. The molecule has 7 nitrogen and oxygen atoms in total. The maximum Gasteiger partial charge on any atom is 0.232 e. The summed E-state index contributed by atoms with van der Waals surface area (Å²) in [6, 6.07) is 3.86. The molecule has 0 aromatic heterocycles. The predicted octanol–water partition coefficient (Wildman–Crippen LogP) is 1.62. The number of benzene rings is 1. The second kappa shape index (κ2) is 6.27. The molecule has 1 atom stereocenters. The number of methoxy groups -OCH3 is 1. The van der Waals surface area contributed by atoms with Crippen molar-refractivity contribution in [1.82, 2.24) is 4.90 Å². The molecule has 0 radical (unpaired) electrons. The van der Waals surface area contributed by atoms with E-state index in [4.69, 9.17) is 9.47 Å². The standard InChI is InChI=1S/C15H21N3O4S/c1-3-23(19,20)17-14-13(21-2)5-4-11-12(6-9-22-15(11)14)18-8-7-16-10-18/h4-5,10,12,17H,3,6-9H2,1-2H3. The molecule has 0 saturated carbocycles. The molecule has 23 heavy (non-hydrogen) atoms. The van der Waals surface area contributed by atoms with Crippen molar-refractivity contribution in [2.75, 3.05) is 37.3 Å². The summed E-state index contributed by atoms with van der Waals surface area (Å²) in [7, 11) is -1.91. The summed E-state index contributed by atoms with van der Waals surface area (Å²) < 4.78 is 37.7. The van der Waals surface area contributed by atoms with Crippen molar-refractivity contribution < 1.29 is 17.9 Å². The number of nitrogens with zero attached hydrogens (tertiary/aromatic N) is 2. The maximum absolute atomic E-state index is 12.0. The Morgan fingerprint density at radius 3 is 2.96 bits per heavy atom. The third-order valence-electron chi connectivity index (χ3n) is 4.12. The van der Waals surface area contributed by atoms with E-state index >= 15 is 0 Å². The molecule has 1 aromatic carbocycles. The summed E-state index contributed by atoms with van der Waals surface area (Å²) in [4.78, 5) is 6.44. The van der Waals surface area contributed by atoms with E-state index in [-0.39, 0.29) is 11.8 Å². The zero-order chi connectivity index (χ0) is 16.4. The van der Waals surface area contributed by atoms with Gasteiger partial charge in [0.1, 0.15) is 11.4 Å². The zero-order valence-electron chi connectivity index (χ0n) is 13.3. The molecule has 0 spiro atoms. The number of sulfonamides is 1. The van der Waals surface area contributed by atoms with E-state index in [9.17, 15) is 8.42 Å². The van der Waals surface area contributed by atoms with Crippen LogP contribution in [0.2, 0.25) is 0 Å². The maximum atomic E-state index is 12.0. The lowest BCUT2D eigenvalue weighted by Gasteiger charge is -2.33. The topological polar surface area (TPSA) is 80.2 Å². The molecule has 8 heteroatoms. The smallest absolute Gasteiger partial charge is 0.232 e. The van der Waals surface area contributed by atoms with E-state index in [2.05, 4.69) is 14.6 Å². The summed E-state index contributed by atoms with van der Waals surface area (Å²) in [5.74, 6) is 0.997. The van der Waals surface area contributed by atoms with Crippen molar-refractivity contribution in [3.05, 3.63) is 17.7 Å². The van der Waals surface area contributed by atoms with Crippen LogP contribution >= 0.6 is 0 Å². The fourth-order valence-corrected chi connectivity index (χ4v) is 3.54. The number of fused-ring (bicyclic) bond motifs is 1. The first-order valence-corrected chi connectivity index (χ1v) is 9.31. The van der Waals surface area contributed by atoms with Gasteiger partial charge in [0.15, 0.2) is 5.75 Å².